The summed E-state index contributed by atoms with van der Waals surface area (Å²) >= 11 is 0. The van der Waals surface area contributed by atoms with Crippen LogP contribution in [0.2, 0.25) is 0 Å². The maximum atomic E-state index is 11.5. The molecule has 1 saturated heterocycles. The monoisotopic (exact) mass is 254 g/mol. The van der Waals surface area contributed by atoms with Gasteiger partial charge in [-0.05, 0) is 6.42 Å². The smallest absolute Gasteiger partial charge is 0.197 e. The van der Waals surface area contributed by atoms with Gasteiger partial charge >= 0.3 is 0 Å². The van der Waals surface area contributed by atoms with Crippen LogP contribution >= 0.6 is 15.7 Å². The van der Waals surface area contributed by atoms with Crippen LogP contribution in [-0.2, 0) is 18.1 Å². The van der Waals surface area contributed by atoms with Crippen molar-refractivity contribution in [2.45, 2.75) is 13.3 Å². The van der Waals surface area contributed by atoms with E-state index in [9.17, 15) is 4.57 Å². The van der Waals surface area contributed by atoms with Crippen molar-refractivity contribution in [2.24, 2.45) is 5.41 Å². The lowest BCUT2D eigenvalue weighted by Gasteiger charge is -2.37. The minimum absolute atomic E-state index is 0.115. The minimum atomic E-state index is -2.41. The van der Waals surface area contributed by atoms with Gasteiger partial charge in [0.1, 0.15) is 0 Å². The second-order valence-electron chi connectivity index (χ2n) is 4.37. The molecule has 0 amide bonds. The highest BCUT2D eigenvalue weighted by Gasteiger charge is 2.36. The lowest BCUT2D eigenvalue weighted by atomic mass is 9.88. The summed E-state index contributed by atoms with van der Waals surface area (Å²) in [6.45, 7) is 9.03. The lowest BCUT2D eigenvalue weighted by Crippen LogP contribution is -2.38. The molecule has 0 spiro atoms. The second-order valence-corrected chi connectivity index (χ2v) is 8.52. The van der Waals surface area contributed by atoms with Crippen LogP contribution in [0.5, 0.6) is 0 Å². The van der Waals surface area contributed by atoms with Crippen molar-refractivity contribution in [3.05, 3.63) is 0 Å². The van der Waals surface area contributed by atoms with E-state index in [1.54, 1.807) is 13.3 Å². The maximum Gasteiger partial charge on any atom is 0.197 e. The average molecular weight is 254 g/mol. The molecular formula is C9H20O4P2. The molecule has 4 nitrogen and oxygen atoms in total. The van der Waals surface area contributed by atoms with Gasteiger partial charge in [0.25, 0.3) is 0 Å². The summed E-state index contributed by atoms with van der Waals surface area (Å²) in [6, 6.07) is 0. The second kappa shape index (κ2) is 5.25. The Hall–Kier alpha value is 0.540. The Balaban J connectivity index is 2.50. The minimum Gasteiger partial charge on any atom is -0.333 e. The third-order valence-corrected chi connectivity index (χ3v) is 4.27. The zero-order valence-corrected chi connectivity index (χ0v) is 11.6. The van der Waals surface area contributed by atoms with Crippen LogP contribution in [0.3, 0.4) is 0 Å². The molecule has 0 aromatic heterocycles. The van der Waals surface area contributed by atoms with Crippen molar-refractivity contribution >= 4 is 15.7 Å². The molecule has 6 heteroatoms. The van der Waals surface area contributed by atoms with Gasteiger partial charge in [0.2, 0.25) is 0 Å². The zero-order chi connectivity index (χ0) is 11.5. The van der Waals surface area contributed by atoms with Crippen LogP contribution in [0, 0.1) is 5.41 Å². The Bertz CT molecular complexity index is 242. The van der Waals surface area contributed by atoms with Gasteiger partial charge in [0.15, 0.2) is 15.7 Å². The Morgan fingerprint density at radius 1 is 1.40 bits per heavy atom. The van der Waals surface area contributed by atoms with E-state index in [-0.39, 0.29) is 5.41 Å². The largest absolute Gasteiger partial charge is 0.333 e. The third-order valence-electron chi connectivity index (χ3n) is 2.54. The van der Waals surface area contributed by atoms with Gasteiger partial charge in [-0.25, -0.2) is 0 Å². The van der Waals surface area contributed by atoms with Crippen LogP contribution in [-0.4, -0.2) is 39.8 Å². The van der Waals surface area contributed by atoms with Crippen LogP contribution in [0.25, 0.3) is 0 Å². The van der Waals surface area contributed by atoms with Gasteiger partial charge in [-0.1, -0.05) is 6.92 Å². The van der Waals surface area contributed by atoms with Crippen LogP contribution in [0.4, 0.5) is 0 Å². The number of hydrogen-bond acceptors (Lipinski definition) is 4. The molecule has 15 heavy (non-hydrogen) atoms. The van der Waals surface area contributed by atoms with Crippen LogP contribution in [0.15, 0.2) is 0 Å². The van der Waals surface area contributed by atoms with E-state index in [0.717, 1.165) is 6.42 Å². The molecule has 0 radical (unpaired) electrons. The maximum absolute atomic E-state index is 11.5. The Morgan fingerprint density at radius 3 is 2.33 bits per heavy atom. The predicted molar refractivity (Wildman–Crippen MR) is 62.9 cm³/mol. The third kappa shape index (κ3) is 4.50. The molecule has 1 aliphatic rings. The van der Waals surface area contributed by atoms with E-state index in [1.807, 2.05) is 6.66 Å². The van der Waals surface area contributed by atoms with Gasteiger partial charge in [-0.3, -0.25) is 4.57 Å². The first kappa shape index (κ1) is 13.6. The Kier molecular flexibility index (Phi) is 4.76. The van der Waals surface area contributed by atoms with Crippen molar-refractivity contribution in [2.75, 3.05) is 39.8 Å². The zero-order valence-electron chi connectivity index (χ0n) is 9.86. The van der Waals surface area contributed by atoms with E-state index in [1.165, 1.54) is 0 Å². The SMILES string of the molecule is CCC1(COP(C)(C)=O)COP(C)OC1. The molecule has 1 rings (SSSR count). The molecule has 1 heterocycles. The van der Waals surface area contributed by atoms with Crippen LogP contribution in [0.1, 0.15) is 13.3 Å². The average Bonchev–Trinajstić information content (AvgIpc) is 2.17. The molecule has 1 aliphatic heterocycles. The van der Waals surface area contributed by atoms with Gasteiger partial charge < -0.3 is 13.6 Å². The number of hydrogen-bond donors (Lipinski definition) is 0. The van der Waals surface area contributed by atoms with Crippen molar-refractivity contribution < 1.29 is 18.1 Å². The Morgan fingerprint density at radius 2 is 1.93 bits per heavy atom. The normalized spacial score (nSPS) is 32.9. The highest BCUT2D eigenvalue weighted by atomic mass is 31.2. The first-order chi connectivity index (χ1) is 6.87. The summed E-state index contributed by atoms with van der Waals surface area (Å²) in [5.74, 6) is 0. The van der Waals surface area contributed by atoms with Crippen molar-refractivity contribution in [3.63, 3.8) is 0 Å². The van der Waals surface area contributed by atoms with Gasteiger partial charge in [0.05, 0.1) is 19.8 Å². The van der Waals surface area contributed by atoms with Crippen molar-refractivity contribution in [1.29, 1.82) is 0 Å². The standard InChI is InChI=1S/C9H20O4P2/c1-5-9(8-13-15(3,4)10)6-11-14(2)12-7-9/h5-8H2,1-4H3. The molecule has 1 fully saturated rings. The summed E-state index contributed by atoms with van der Waals surface area (Å²) in [5, 5.41) is 0. The first-order valence-electron chi connectivity index (χ1n) is 5.06. The quantitative estimate of drug-likeness (QED) is 0.723. The molecule has 0 N–H and O–H groups in total. The van der Waals surface area contributed by atoms with Gasteiger partial charge in [0, 0.05) is 25.4 Å². The van der Waals surface area contributed by atoms with E-state index in [2.05, 4.69) is 6.92 Å². The highest BCUT2D eigenvalue weighted by molar-refractivity contribution is 7.57. The molecule has 0 unspecified atom stereocenters. The van der Waals surface area contributed by atoms with Crippen molar-refractivity contribution in [3.8, 4) is 0 Å². The molecule has 0 aromatic carbocycles. The number of rotatable bonds is 4. The summed E-state index contributed by atoms with van der Waals surface area (Å²) in [4.78, 5) is 0. The molecule has 0 atom stereocenters. The molecular weight excluding hydrogens is 234 g/mol. The summed E-state index contributed by atoms with van der Waals surface area (Å²) < 4.78 is 27.9. The molecule has 0 aromatic rings. The summed E-state index contributed by atoms with van der Waals surface area (Å²) in [6.07, 6.45) is 0.913. The predicted octanol–water partition coefficient (Wildman–Crippen LogP) is 2.93. The van der Waals surface area contributed by atoms with E-state index < -0.39 is 15.7 Å². The van der Waals surface area contributed by atoms with E-state index >= 15 is 0 Å². The topological polar surface area (TPSA) is 44.8 Å². The molecule has 0 saturated carbocycles. The fourth-order valence-corrected chi connectivity index (χ4v) is 2.79. The first-order valence-corrected chi connectivity index (χ1v) is 9.20. The van der Waals surface area contributed by atoms with Crippen LogP contribution < -0.4 is 0 Å². The lowest BCUT2D eigenvalue weighted by molar-refractivity contribution is -0.000924. The van der Waals surface area contributed by atoms with E-state index in [4.69, 9.17) is 13.6 Å². The molecule has 90 valence electrons. The summed E-state index contributed by atoms with van der Waals surface area (Å²) in [5.41, 5.74) is -0.115. The fraction of sp³-hybridized carbons (Fsp3) is 1.00. The van der Waals surface area contributed by atoms with Crippen molar-refractivity contribution in [1.82, 2.24) is 0 Å². The fourth-order valence-electron chi connectivity index (χ4n) is 1.22. The Labute approximate surface area is 93.0 Å². The van der Waals surface area contributed by atoms with Gasteiger partial charge in [-0.2, -0.15) is 0 Å². The summed E-state index contributed by atoms with van der Waals surface area (Å²) in [7, 11) is -3.13. The highest BCUT2D eigenvalue weighted by Crippen LogP contribution is 2.46. The van der Waals surface area contributed by atoms with Gasteiger partial charge in [-0.15, -0.1) is 0 Å². The molecule has 0 bridgehead atoms. The van der Waals surface area contributed by atoms with E-state index in [0.29, 0.717) is 19.8 Å². The molecule has 0 aliphatic carbocycles.